The van der Waals surface area contributed by atoms with Crippen LogP contribution in [-0.4, -0.2) is 17.1 Å². The number of hydrogen-bond acceptors (Lipinski definition) is 1. The second-order valence-electron chi connectivity index (χ2n) is 0.399. The predicted octanol–water partition coefficient (Wildman–Crippen LogP) is 2.48. The van der Waals surface area contributed by atoms with E-state index in [1.54, 1.807) is 0 Å². The second kappa shape index (κ2) is 4.78. The Hall–Kier alpha value is 2.94. The van der Waals surface area contributed by atoms with Crippen LogP contribution in [0.1, 0.15) is 0 Å². The summed E-state index contributed by atoms with van der Waals surface area (Å²) in [5.41, 5.74) is 0. The first-order valence-electron chi connectivity index (χ1n) is 0.690. The monoisotopic (exact) mass is 510 g/mol. The normalized spacial score (nSPS) is 9.83. The zero-order valence-electron chi connectivity index (χ0n) is 2.49. The molecule has 0 spiro atoms. The molecule has 0 heterocycles. The van der Waals surface area contributed by atoms with Crippen LogP contribution < -0.4 is 0 Å². The van der Waals surface area contributed by atoms with Crippen LogP contribution in [0.15, 0.2) is 0 Å². The summed E-state index contributed by atoms with van der Waals surface area (Å²) in [5, 5.41) is 0. The van der Waals surface area contributed by atoms with E-state index in [9.17, 15) is 4.57 Å². The van der Waals surface area contributed by atoms with Gasteiger partial charge in [-0.25, -0.2) is 0 Å². The molecule has 0 aromatic carbocycles. The van der Waals surface area contributed by atoms with Crippen molar-refractivity contribution in [1.82, 2.24) is 0 Å². The molecule has 0 fully saturated rings. The van der Waals surface area contributed by atoms with E-state index in [0.717, 1.165) is 0 Å². The van der Waals surface area contributed by atoms with Gasteiger partial charge in [0.1, 0.15) is 0 Å². The van der Waals surface area contributed by atoms with Crippen LogP contribution >= 0.6 is 66.2 Å². The van der Waals surface area contributed by atoms with E-state index in [-0.39, 0.29) is 17.1 Å². The Bertz CT molecular complexity index is 56.9. The van der Waals surface area contributed by atoms with Crippen LogP contribution in [0.3, 0.4) is 0 Å². The third-order valence-corrected chi connectivity index (χ3v) is 0. The zero-order chi connectivity index (χ0) is 4.50. The molecule has 0 saturated carbocycles. The number of halogens is 3. The number of rotatable bonds is 0. The average molecular weight is 509 g/mol. The molecule has 0 aliphatic carbocycles. The summed E-state index contributed by atoms with van der Waals surface area (Å²) in [4.78, 5) is 0. The first kappa shape index (κ1) is 11.7. The van der Waals surface area contributed by atoms with Crippen molar-refractivity contribution < 1.29 is 4.57 Å². The fraction of sp³-hybridized carbons (Fsp3) is 0. The van der Waals surface area contributed by atoms with E-state index in [1.165, 1.54) is 0 Å². The van der Waals surface area contributed by atoms with Crippen molar-refractivity contribution in [2.24, 2.45) is 0 Å². The molecule has 0 atom stereocenters. The SMILES string of the molecule is O=P(I)(I)I.[SeH2]. The van der Waals surface area contributed by atoms with Gasteiger partial charge in [-0.3, -0.25) is 4.57 Å². The van der Waals surface area contributed by atoms with Crippen LogP contribution in [0, 0.1) is 0 Å². The summed E-state index contributed by atoms with van der Waals surface area (Å²) in [6, 6.07) is 0. The molecule has 0 amide bonds. The molecule has 1 nitrogen and oxygen atoms in total. The first-order chi connectivity index (χ1) is 2.00. The van der Waals surface area contributed by atoms with E-state index in [2.05, 4.69) is 0 Å². The van der Waals surface area contributed by atoms with Gasteiger partial charge < -0.3 is 0 Å². The van der Waals surface area contributed by atoms with Crippen LogP contribution in [0.5, 0.6) is 0 Å². The Kier molecular flexibility index (Phi) is 9.33. The predicted molar refractivity (Wildman–Crippen MR) is 58.2 cm³/mol. The van der Waals surface area contributed by atoms with Gasteiger partial charge in [-0.1, -0.05) is 0 Å². The maximum absolute atomic E-state index is 10.2. The van der Waals surface area contributed by atoms with E-state index < -0.39 is 0.0694 Å². The van der Waals surface area contributed by atoms with E-state index in [0.29, 0.717) is 0 Å². The van der Waals surface area contributed by atoms with Crippen molar-refractivity contribution in [1.29, 1.82) is 0 Å². The summed E-state index contributed by atoms with van der Waals surface area (Å²) < 4.78 is 8.45. The summed E-state index contributed by atoms with van der Waals surface area (Å²) in [6.07, 6.45) is 0. The van der Waals surface area contributed by atoms with Crippen molar-refractivity contribution >= 4 is 83.3 Å². The van der Waals surface area contributed by atoms with Gasteiger partial charge in [-0.15, -0.1) is 0 Å². The quantitative estimate of drug-likeness (QED) is 0.279. The van der Waals surface area contributed by atoms with Crippen LogP contribution in [0.4, 0.5) is 0 Å². The molecule has 0 rings (SSSR count). The van der Waals surface area contributed by atoms with Gasteiger partial charge in [-0.05, 0) is 0 Å². The Morgan fingerprint density at radius 3 is 1.17 bits per heavy atom. The van der Waals surface area contributed by atoms with Gasteiger partial charge in [-0.2, -0.15) is 0 Å². The second-order valence-corrected chi connectivity index (χ2v) is 30.0. The van der Waals surface area contributed by atoms with Gasteiger partial charge in [0, 0.05) is 66.1 Å². The molecule has 0 unspecified atom stereocenters. The molecular weight excluding hydrogens is 507 g/mol. The van der Waals surface area contributed by atoms with Crippen molar-refractivity contribution in [2.45, 2.75) is 0 Å². The fourth-order valence-corrected chi connectivity index (χ4v) is 0. The zero-order valence-corrected chi connectivity index (χ0v) is 12.0. The molecule has 0 aliphatic rings. The van der Waals surface area contributed by atoms with Gasteiger partial charge in [0.05, 0.1) is 0 Å². The molecule has 0 radical (unpaired) electrons. The van der Waals surface area contributed by atoms with E-state index in [1.807, 2.05) is 66.1 Å². The minimum absolute atomic E-state index is 0. The fourth-order valence-electron chi connectivity index (χ4n) is 0. The number of hydrogen-bond donors (Lipinski definition) is 0. The maximum atomic E-state index is 10.2. The van der Waals surface area contributed by atoms with Gasteiger partial charge >= 0.3 is 17.1 Å². The van der Waals surface area contributed by atoms with Crippen LogP contribution in [0.25, 0.3) is 0 Å². The van der Waals surface area contributed by atoms with Crippen molar-refractivity contribution in [3.63, 3.8) is 0 Å². The molecule has 0 aliphatic heterocycles. The van der Waals surface area contributed by atoms with Gasteiger partial charge in [0.2, 0.25) is 0 Å². The molecule has 0 saturated heterocycles. The third-order valence-electron chi connectivity index (χ3n) is 0. The van der Waals surface area contributed by atoms with E-state index in [4.69, 9.17) is 0 Å². The molecule has 0 aromatic heterocycles. The van der Waals surface area contributed by atoms with Crippen LogP contribution in [0.2, 0.25) is 0 Å². The Labute approximate surface area is 86.1 Å². The minimum atomic E-state index is -1.73. The van der Waals surface area contributed by atoms with Crippen molar-refractivity contribution in [2.75, 3.05) is 0 Å². The molecule has 6 heteroatoms. The summed E-state index contributed by atoms with van der Waals surface area (Å²) in [7, 11) is 0. The topological polar surface area (TPSA) is 17.1 Å². The average Bonchev–Trinajstić information content (AvgIpc) is 0.722. The molecule has 0 bridgehead atoms. The summed E-state index contributed by atoms with van der Waals surface area (Å²) >= 11 is 5.72. The third kappa shape index (κ3) is 28.3. The molecule has 0 N–H and O–H groups in total. The molecule has 0 aromatic rings. The van der Waals surface area contributed by atoms with Gasteiger partial charge in [0.15, 0.2) is 0 Å². The van der Waals surface area contributed by atoms with Gasteiger partial charge in [0.25, 0.3) is 0.0694 Å². The first-order valence-corrected chi connectivity index (χ1v) is 10.8. The molecule has 40 valence electrons. The van der Waals surface area contributed by atoms with Crippen molar-refractivity contribution in [3.8, 4) is 0 Å². The molecular formula is H2I3OPSe. The standard InChI is InChI=1S/I3OP.H2Se/c1-5(2,3)4;/h;1H2. The Balaban J connectivity index is 0. The van der Waals surface area contributed by atoms with Crippen molar-refractivity contribution in [3.05, 3.63) is 0 Å². The Morgan fingerprint density at radius 2 is 1.17 bits per heavy atom. The van der Waals surface area contributed by atoms with Crippen LogP contribution in [-0.2, 0) is 4.57 Å². The molecule has 6 heavy (non-hydrogen) atoms. The summed E-state index contributed by atoms with van der Waals surface area (Å²) in [5.74, 6) is 0. The Morgan fingerprint density at radius 1 is 1.17 bits per heavy atom. The van der Waals surface area contributed by atoms with E-state index >= 15 is 0 Å². The summed E-state index contributed by atoms with van der Waals surface area (Å²) in [6.45, 7) is 0.